The molecule has 0 bridgehead atoms. The van der Waals surface area contributed by atoms with Crippen LogP contribution in [0.4, 0.5) is 0 Å². The lowest BCUT2D eigenvalue weighted by atomic mass is 9.82. The van der Waals surface area contributed by atoms with Crippen LogP contribution >= 0.6 is 0 Å². The van der Waals surface area contributed by atoms with Crippen LogP contribution in [0.5, 0.6) is 0 Å². The van der Waals surface area contributed by atoms with Crippen molar-refractivity contribution in [1.29, 1.82) is 0 Å². The second kappa shape index (κ2) is 5.54. The lowest BCUT2D eigenvalue weighted by molar-refractivity contribution is -0.136. The summed E-state index contributed by atoms with van der Waals surface area (Å²) in [6.07, 6.45) is 6.47. The SMILES string of the molecule is CC1CCC(C(=O)N2C[C@H]3CCN(S(C)(=O)=O)[C@H]3C2)CC1. The highest BCUT2D eigenvalue weighted by Gasteiger charge is 2.46. The molecule has 3 aliphatic rings. The van der Waals surface area contributed by atoms with E-state index >= 15 is 0 Å². The quantitative estimate of drug-likeness (QED) is 0.772. The number of hydrogen-bond acceptors (Lipinski definition) is 3. The fourth-order valence-corrected chi connectivity index (χ4v) is 5.45. The number of carbonyl (C=O) groups excluding carboxylic acids is 1. The van der Waals surface area contributed by atoms with Gasteiger partial charge < -0.3 is 4.90 Å². The van der Waals surface area contributed by atoms with E-state index in [2.05, 4.69) is 6.92 Å². The van der Waals surface area contributed by atoms with E-state index in [9.17, 15) is 13.2 Å². The van der Waals surface area contributed by atoms with Gasteiger partial charge in [-0.25, -0.2) is 8.42 Å². The van der Waals surface area contributed by atoms with Gasteiger partial charge in [0.25, 0.3) is 0 Å². The minimum Gasteiger partial charge on any atom is -0.340 e. The van der Waals surface area contributed by atoms with Gasteiger partial charge in [0.2, 0.25) is 15.9 Å². The molecule has 3 fully saturated rings. The molecule has 120 valence electrons. The highest BCUT2D eigenvalue weighted by Crippen LogP contribution is 2.36. The summed E-state index contributed by atoms with van der Waals surface area (Å²) < 4.78 is 25.2. The summed E-state index contributed by atoms with van der Waals surface area (Å²) >= 11 is 0. The molecule has 6 heteroatoms. The molecule has 1 saturated carbocycles. The van der Waals surface area contributed by atoms with Crippen molar-refractivity contribution in [2.24, 2.45) is 17.8 Å². The third kappa shape index (κ3) is 2.97. The number of nitrogens with zero attached hydrogens (tertiary/aromatic N) is 2. The fraction of sp³-hybridized carbons (Fsp3) is 0.933. The van der Waals surface area contributed by atoms with E-state index in [1.54, 1.807) is 4.31 Å². The summed E-state index contributed by atoms with van der Waals surface area (Å²) in [5.74, 6) is 1.52. The molecule has 2 aliphatic heterocycles. The summed E-state index contributed by atoms with van der Waals surface area (Å²) in [4.78, 5) is 14.6. The van der Waals surface area contributed by atoms with Crippen LogP contribution in [0.25, 0.3) is 0 Å². The van der Waals surface area contributed by atoms with Crippen LogP contribution in [-0.4, -0.2) is 55.5 Å². The first-order valence-electron chi connectivity index (χ1n) is 8.12. The molecule has 0 spiro atoms. The van der Waals surface area contributed by atoms with Crippen molar-refractivity contribution < 1.29 is 13.2 Å². The molecule has 2 heterocycles. The standard InChI is InChI=1S/C15H26N2O3S/c1-11-3-5-12(6-4-11)15(18)16-9-13-7-8-17(14(13)10-16)21(2,19)20/h11-14H,3-10H2,1-2H3/t11?,12?,13-,14+/m1/s1. The summed E-state index contributed by atoms with van der Waals surface area (Å²) in [6, 6.07) is 0.0199. The molecule has 0 aromatic rings. The highest BCUT2D eigenvalue weighted by atomic mass is 32.2. The van der Waals surface area contributed by atoms with E-state index in [4.69, 9.17) is 0 Å². The maximum atomic E-state index is 12.7. The molecule has 21 heavy (non-hydrogen) atoms. The van der Waals surface area contributed by atoms with Gasteiger partial charge in [-0.05, 0) is 43.9 Å². The largest absolute Gasteiger partial charge is 0.340 e. The summed E-state index contributed by atoms with van der Waals surface area (Å²) in [6.45, 7) is 4.23. The smallest absolute Gasteiger partial charge is 0.225 e. The molecule has 5 nitrogen and oxygen atoms in total. The number of likely N-dealkylation sites (tertiary alicyclic amines) is 1. The van der Waals surface area contributed by atoms with Crippen molar-refractivity contribution in [3.05, 3.63) is 0 Å². The van der Waals surface area contributed by atoms with Crippen LogP contribution in [-0.2, 0) is 14.8 Å². The maximum absolute atomic E-state index is 12.7. The Morgan fingerprint density at radius 3 is 2.33 bits per heavy atom. The van der Waals surface area contributed by atoms with E-state index < -0.39 is 10.0 Å². The highest BCUT2D eigenvalue weighted by molar-refractivity contribution is 7.88. The number of amides is 1. The van der Waals surface area contributed by atoms with Gasteiger partial charge in [0.05, 0.1) is 6.26 Å². The topological polar surface area (TPSA) is 57.7 Å². The Balaban J connectivity index is 1.63. The zero-order chi connectivity index (χ0) is 15.2. The Kier molecular flexibility index (Phi) is 4.03. The van der Waals surface area contributed by atoms with Gasteiger partial charge in [0.1, 0.15) is 0 Å². The van der Waals surface area contributed by atoms with E-state index in [0.717, 1.165) is 44.6 Å². The zero-order valence-corrected chi connectivity index (χ0v) is 13.8. The predicted molar refractivity (Wildman–Crippen MR) is 81.1 cm³/mol. The van der Waals surface area contributed by atoms with Gasteiger partial charge in [-0.2, -0.15) is 4.31 Å². The number of rotatable bonds is 2. The summed E-state index contributed by atoms with van der Waals surface area (Å²) in [7, 11) is -3.14. The Morgan fingerprint density at radius 2 is 1.71 bits per heavy atom. The first kappa shape index (κ1) is 15.3. The molecule has 2 saturated heterocycles. The van der Waals surface area contributed by atoms with E-state index in [0.29, 0.717) is 19.0 Å². The first-order valence-corrected chi connectivity index (χ1v) is 9.96. The number of sulfonamides is 1. The summed E-state index contributed by atoms with van der Waals surface area (Å²) in [5.41, 5.74) is 0. The average molecular weight is 314 g/mol. The van der Waals surface area contributed by atoms with Crippen LogP contribution < -0.4 is 0 Å². The molecule has 0 aromatic carbocycles. The minimum absolute atomic E-state index is 0.0199. The van der Waals surface area contributed by atoms with Gasteiger partial charge in [-0.1, -0.05) is 6.92 Å². The average Bonchev–Trinajstić information content (AvgIpc) is 2.96. The van der Waals surface area contributed by atoms with Gasteiger partial charge in [0, 0.05) is 31.6 Å². The lowest BCUT2D eigenvalue weighted by Crippen LogP contribution is -2.41. The molecule has 1 amide bonds. The number of fused-ring (bicyclic) bond motifs is 1. The van der Waals surface area contributed by atoms with Gasteiger partial charge in [-0.3, -0.25) is 4.79 Å². The molecular weight excluding hydrogens is 288 g/mol. The van der Waals surface area contributed by atoms with Crippen molar-refractivity contribution in [2.45, 2.75) is 45.1 Å². The molecule has 0 aromatic heterocycles. The predicted octanol–water partition coefficient (Wildman–Crippen LogP) is 1.31. The van der Waals surface area contributed by atoms with E-state index in [1.807, 2.05) is 4.90 Å². The first-order chi connectivity index (χ1) is 9.86. The van der Waals surface area contributed by atoms with Crippen LogP contribution in [0.1, 0.15) is 39.0 Å². The monoisotopic (exact) mass is 314 g/mol. The van der Waals surface area contributed by atoms with Crippen molar-refractivity contribution >= 4 is 15.9 Å². The third-order valence-electron chi connectivity index (χ3n) is 5.60. The Morgan fingerprint density at radius 1 is 1.05 bits per heavy atom. The van der Waals surface area contributed by atoms with Gasteiger partial charge in [0.15, 0.2) is 0 Å². The Hall–Kier alpha value is -0.620. The molecule has 1 aliphatic carbocycles. The molecule has 0 N–H and O–H groups in total. The molecule has 2 atom stereocenters. The maximum Gasteiger partial charge on any atom is 0.225 e. The minimum atomic E-state index is -3.14. The van der Waals surface area contributed by atoms with Gasteiger partial charge >= 0.3 is 0 Å². The van der Waals surface area contributed by atoms with Crippen LogP contribution in [0.2, 0.25) is 0 Å². The fourth-order valence-electron chi connectivity index (χ4n) is 4.28. The van der Waals surface area contributed by atoms with Crippen LogP contribution in [0.15, 0.2) is 0 Å². The van der Waals surface area contributed by atoms with Crippen molar-refractivity contribution in [1.82, 2.24) is 9.21 Å². The normalized spacial score (nSPS) is 37.7. The molecular formula is C15H26N2O3S. The van der Waals surface area contributed by atoms with Gasteiger partial charge in [-0.15, -0.1) is 0 Å². The molecule has 0 radical (unpaired) electrons. The van der Waals surface area contributed by atoms with Crippen LogP contribution in [0.3, 0.4) is 0 Å². The van der Waals surface area contributed by atoms with Crippen molar-refractivity contribution in [2.75, 3.05) is 25.9 Å². The van der Waals surface area contributed by atoms with Crippen molar-refractivity contribution in [3.8, 4) is 0 Å². The molecule has 0 unspecified atom stereocenters. The van der Waals surface area contributed by atoms with E-state index in [-0.39, 0.29) is 17.9 Å². The lowest BCUT2D eigenvalue weighted by Gasteiger charge is -2.30. The molecule has 3 rings (SSSR count). The third-order valence-corrected chi connectivity index (χ3v) is 6.90. The zero-order valence-electron chi connectivity index (χ0n) is 13.0. The Labute approximate surface area is 127 Å². The number of carbonyl (C=O) groups is 1. The van der Waals surface area contributed by atoms with Crippen molar-refractivity contribution in [3.63, 3.8) is 0 Å². The second-order valence-corrected chi connectivity index (χ2v) is 9.12. The van der Waals surface area contributed by atoms with E-state index in [1.165, 1.54) is 6.26 Å². The Bertz CT molecular complexity index is 511. The number of hydrogen-bond donors (Lipinski definition) is 0. The van der Waals surface area contributed by atoms with Crippen LogP contribution in [0, 0.1) is 17.8 Å². The second-order valence-electron chi connectivity index (χ2n) is 7.19. The summed E-state index contributed by atoms with van der Waals surface area (Å²) in [5, 5.41) is 0.